The molecule has 1 N–H and O–H groups in total. The molecule has 6 heteroatoms. The van der Waals surface area contributed by atoms with Crippen LogP contribution in [0.15, 0.2) is 12.5 Å². The van der Waals surface area contributed by atoms with Gasteiger partial charge in [-0.3, -0.25) is 9.59 Å². The molecule has 16 heavy (non-hydrogen) atoms. The lowest BCUT2D eigenvalue weighted by molar-refractivity contribution is -0.141. The van der Waals surface area contributed by atoms with Crippen molar-refractivity contribution in [2.45, 2.75) is 6.92 Å². The number of imidazole rings is 1. The lowest BCUT2D eigenvalue weighted by Crippen LogP contribution is -2.34. The third-order valence-corrected chi connectivity index (χ3v) is 2.35. The van der Waals surface area contributed by atoms with Crippen molar-refractivity contribution in [2.75, 3.05) is 13.6 Å². The molecule has 1 heterocycles. The number of hydrogen-bond acceptors (Lipinski definition) is 3. The first kappa shape index (κ1) is 12.2. The van der Waals surface area contributed by atoms with Crippen LogP contribution in [0.2, 0.25) is 0 Å². The minimum atomic E-state index is -0.912. The highest BCUT2D eigenvalue weighted by Crippen LogP contribution is 2.05. The van der Waals surface area contributed by atoms with Crippen molar-refractivity contribution in [1.82, 2.24) is 14.5 Å². The number of carbonyl (C=O) groups is 2. The Labute approximate surface area is 93.5 Å². The summed E-state index contributed by atoms with van der Waals surface area (Å²) in [7, 11) is 3.30. The fourth-order valence-electron chi connectivity index (χ4n) is 1.33. The average molecular weight is 225 g/mol. The molecule has 0 spiro atoms. The summed E-state index contributed by atoms with van der Waals surface area (Å²) in [6, 6.07) is 0. The first-order valence-electron chi connectivity index (χ1n) is 4.88. The standard InChI is InChI=1S/C10H15N3O3/c1-7(10(15)16)5-12(2)9(14)8-4-11-6-13(8)3/h4,6-7H,5H2,1-3H3,(H,15,16). The molecular formula is C10H15N3O3. The molecule has 1 atom stereocenters. The monoisotopic (exact) mass is 225 g/mol. The number of hydrogen-bond donors (Lipinski definition) is 1. The maximum atomic E-state index is 11.9. The first-order valence-corrected chi connectivity index (χ1v) is 4.88. The van der Waals surface area contributed by atoms with Crippen LogP contribution in [-0.4, -0.2) is 45.0 Å². The predicted molar refractivity (Wildman–Crippen MR) is 57.0 cm³/mol. The van der Waals surface area contributed by atoms with Gasteiger partial charge in [0.2, 0.25) is 0 Å². The van der Waals surface area contributed by atoms with E-state index in [2.05, 4.69) is 4.98 Å². The van der Waals surface area contributed by atoms with E-state index in [1.165, 1.54) is 17.4 Å². The number of aromatic nitrogens is 2. The first-order chi connectivity index (χ1) is 7.43. The van der Waals surface area contributed by atoms with Crippen molar-refractivity contribution in [3.63, 3.8) is 0 Å². The van der Waals surface area contributed by atoms with Crippen molar-refractivity contribution in [3.05, 3.63) is 18.2 Å². The van der Waals surface area contributed by atoms with Gasteiger partial charge in [0.15, 0.2) is 0 Å². The number of carboxylic acid groups (broad SMARTS) is 1. The molecule has 0 fully saturated rings. The zero-order valence-electron chi connectivity index (χ0n) is 9.54. The van der Waals surface area contributed by atoms with Crippen molar-refractivity contribution >= 4 is 11.9 Å². The second-order valence-corrected chi connectivity index (χ2v) is 3.81. The molecule has 0 radical (unpaired) electrons. The van der Waals surface area contributed by atoms with Gasteiger partial charge in [-0.1, -0.05) is 6.92 Å². The van der Waals surface area contributed by atoms with Gasteiger partial charge in [0.1, 0.15) is 5.69 Å². The van der Waals surface area contributed by atoms with Crippen LogP contribution in [0.25, 0.3) is 0 Å². The molecule has 0 saturated heterocycles. The summed E-state index contributed by atoms with van der Waals surface area (Å²) in [6.07, 6.45) is 2.99. The van der Waals surface area contributed by atoms with Gasteiger partial charge in [-0.05, 0) is 0 Å². The number of nitrogens with zero attached hydrogens (tertiary/aromatic N) is 3. The van der Waals surface area contributed by atoms with Crippen LogP contribution in [-0.2, 0) is 11.8 Å². The maximum Gasteiger partial charge on any atom is 0.308 e. The summed E-state index contributed by atoms with van der Waals surface area (Å²) in [5.41, 5.74) is 0.445. The van der Waals surface area contributed by atoms with Gasteiger partial charge >= 0.3 is 5.97 Å². The Balaban J connectivity index is 2.69. The van der Waals surface area contributed by atoms with E-state index in [0.29, 0.717) is 5.69 Å². The molecule has 0 aliphatic rings. The second kappa shape index (κ2) is 4.78. The van der Waals surface area contributed by atoms with Gasteiger partial charge in [-0.15, -0.1) is 0 Å². The third kappa shape index (κ3) is 2.59. The maximum absolute atomic E-state index is 11.9. The number of aryl methyl sites for hydroxylation is 1. The summed E-state index contributed by atoms with van der Waals surface area (Å²) in [5, 5.41) is 8.74. The number of rotatable bonds is 4. The smallest absolute Gasteiger partial charge is 0.308 e. The lowest BCUT2D eigenvalue weighted by atomic mass is 10.2. The van der Waals surface area contributed by atoms with E-state index >= 15 is 0 Å². The highest BCUT2D eigenvalue weighted by Gasteiger charge is 2.20. The van der Waals surface area contributed by atoms with Crippen LogP contribution in [0.1, 0.15) is 17.4 Å². The molecule has 0 aliphatic heterocycles. The van der Waals surface area contributed by atoms with Crippen LogP contribution in [0.5, 0.6) is 0 Å². The van der Waals surface area contributed by atoms with E-state index in [1.54, 1.807) is 25.6 Å². The average Bonchev–Trinajstić information content (AvgIpc) is 2.62. The molecule has 0 saturated carbocycles. The van der Waals surface area contributed by atoms with Crippen molar-refractivity contribution in [3.8, 4) is 0 Å². The van der Waals surface area contributed by atoms with E-state index in [4.69, 9.17) is 5.11 Å². The van der Waals surface area contributed by atoms with Crippen molar-refractivity contribution in [2.24, 2.45) is 13.0 Å². The highest BCUT2D eigenvalue weighted by atomic mass is 16.4. The zero-order valence-corrected chi connectivity index (χ0v) is 9.54. The second-order valence-electron chi connectivity index (χ2n) is 3.81. The van der Waals surface area contributed by atoms with Crippen LogP contribution >= 0.6 is 0 Å². The van der Waals surface area contributed by atoms with Gasteiger partial charge in [0.05, 0.1) is 18.4 Å². The third-order valence-electron chi connectivity index (χ3n) is 2.35. The molecule has 0 bridgehead atoms. The Hall–Kier alpha value is -1.85. The van der Waals surface area contributed by atoms with Crippen LogP contribution < -0.4 is 0 Å². The molecule has 1 amide bonds. The largest absolute Gasteiger partial charge is 0.481 e. The minimum Gasteiger partial charge on any atom is -0.481 e. The summed E-state index contributed by atoms with van der Waals surface area (Å²) in [4.78, 5) is 27.7. The molecule has 1 aromatic heterocycles. The fraction of sp³-hybridized carbons (Fsp3) is 0.500. The molecule has 6 nitrogen and oxygen atoms in total. The van der Waals surface area contributed by atoms with E-state index in [1.807, 2.05) is 0 Å². The van der Waals surface area contributed by atoms with Crippen LogP contribution in [0, 0.1) is 5.92 Å². The zero-order chi connectivity index (χ0) is 12.3. The molecular weight excluding hydrogens is 210 g/mol. The Morgan fingerprint density at radius 3 is 2.69 bits per heavy atom. The fourth-order valence-corrected chi connectivity index (χ4v) is 1.33. The summed E-state index contributed by atoms with van der Waals surface area (Å²) in [5.74, 6) is -1.72. The quantitative estimate of drug-likeness (QED) is 0.795. The van der Waals surface area contributed by atoms with E-state index in [-0.39, 0.29) is 12.5 Å². The normalized spacial score (nSPS) is 12.2. The van der Waals surface area contributed by atoms with Crippen molar-refractivity contribution < 1.29 is 14.7 Å². The molecule has 1 rings (SSSR count). The topological polar surface area (TPSA) is 75.4 Å². The Morgan fingerprint density at radius 2 is 2.25 bits per heavy atom. The number of aliphatic carboxylic acids is 1. The van der Waals surface area contributed by atoms with Gasteiger partial charge < -0.3 is 14.6 Å². The van der Waals surface area contributed by atoms with Gasteiger partial charge in [0.25, 0.3) is 5.91 Å². The Kier molecular flexibility index (Phi) is 3.65. The van der Waals surface area contributed by atoms with Gasteiger partial charge in [-0.2, -0.15) is 0 Å². The number of carboxylic acids is 1. The lowest BCUT2D eigenvalue weighted by Gasteiger charge is -2.19. The molecule has 1 aromatic rings. The molecule has 1 unspecified atom stereocenters. The molecule has 88 valence electrons. The Morgan fingerprint density at radius 1 is 1.62 bits per heavy atom. The summed E-state index contributed by atoms with van der Waals surface area (Å²) >= 11 is 0. The Bertz CT molecular complexity index is 400. The van der Waals surface area contributed by atoms with Gasteiger partial charge in [0, 0.05) is 20.6 Å². The van der Waals surface area contributed by atoms with Crippen LogP contribution in [0.4, 0.5) is 0 Å². The predicted octanol–water partition coefficient (Wildman–Crippen LogP) is 0.213. The molecule has 0 aromatic carbocycles. The minimum absolute atomic E-state index is 0.180. The number of amides is 1. The van der Waals surface area contributed by atoms with Crippen molar-refractivity contribution in [1.29, 1.82) is 0 Å². The SMILES string of the molecule is CC(CN(C)C(=O)c1cncn1C)C(=O)O. The highest BCUT2D eigenvalue weighted by molar-refractivity contribution is 5.92. The van der Waals surface area contributed by atoms with E-state index in [9.17, 15) is 9.59 Å². The number of carbonyl (C=O) groups excluding carboxylic acids is 1. The summed E-state index contributed by atoms with van der Waals surface area (Å²) in [6.45, 7) is 1.74. The molecule has 0 aliphatic carbocycles. The van der Waals surface area contributed by atoms with E-state index in [0.717, 1.165) is 0 Å². The van der Waals surface area contributed by atoms with E-state index < -0.39 is 11.9 Å². The summed E-state index contributed by atoms with van der Waals surface area (Å²) < 4.78 is 1.60. The van der Waals surface area contributed by atoms with Crippen LogP contribution in [0.3, 0.4) is 0 Å². The van der Waals surface area contributed by atoms with Gasteiger partial charge in [-0.25, -0.2) is 4.98 Å².